The molecule has 4 nitrogen and oxygen atoms in total. The minimum absolute atomic E-state index is 0. The van der Waals surface area contributed by atoms with Gasteiger partial charge in [0.2, 0.25) is 10.0 Å². The Hall–Kier alpha value is -0.270. The number of piperidine rings is 1. The molecule has 0 spiro atoms. The van der Waals surface area contributed by atoms with Crippen molar-refractivity contribution in [2.75, 3.05) is 25.9 Å². The molecule has 1 aromatic carbocycles. The van der Waals surface area contributed by atoms with Crippen LogP contribution >= 0.6 is 24.2 Å². The van der Waals surface area contributed by atoms with Gasteiger partial charge in [-0.2, -0.15) is 4.31 Å². The highest BCUT2D eigenvalue weighted by Gasteiger charge is 2.31. The van der Waals surface area contributed by atoms with Crippen LogP contribution in [0.3, 0.4) is 0 Å². The molecule has 1 saturated carbocycles. The number of thioether (sulfide) groups is 1. The van der Waals surface area contributed by atoms with Crippen molar-refractivity contribution < 1.29 is 8.42 Å². The Morgan fingerprint density at radius 2 is 1.83 bits per heavy atom. The molecular weight excluding hydrogens is 352 g/mol. The average Bonchev–Trinajstić information content (AvgIpc) is 3.37. The molecule has 0 radical (unpaired) electrons. The number of halogens is 1. The Morgan fingerprint density at radius 3 is 2.43 bits per heavy atom. The summed E-state index contributed by atoms with van der Waals surface area (Å²) in [7, 11) is -3.36. The summed E-state index contributed by atoms with van der Waals surface area (Å²) in [4.78, 5) is 1.28. The number of nitrogens with one attached hydrogen (secondary N) is 1. The fourth-order valence-corrected chi connectivity index (χ4v) is 5.52. The van der Waals surface area contributed by atoms with Crippen LogP contribution in [-0.2, 0) is 10.0 Å². The maximum absolute atomic E-state index is 12.8. The maximum Gasteiger partial charge on any atom is 0.244 e. The van der Waals surface area contributed by atoms with Crippen LogP contribution in [0.4, 0.5) is 0 Å². The second kappa shape index (κ2) is 8.21. The number of hydrogen-bond donors (Lipinski definition) is 1. The van der Waals surface area contributed by atoms with E-state index >= 15 is 0 Å². The Morgan fingerprint density at radius 1 is 1.17 bits per heavy atom. The maximum atomic E-state index is 12.8. The predicted molar refractivity (Wildman–Crippen MR) is 98.0 cm³/mol. The zero-order chi connectivity index (χ0) is 15.6. The van der Waals surface area contributed by atoms with E-state index in [1.807, 2.05) is 18.4 Å². The van der Waals surface area contributed by atoms with Crippen molar-refractivity contribution in [3.63, 3.8) is 0 Å². The summed E-state index contributed by atoms with van der Waals surface area (Å²) >= 11 is 1.49. The Balaban J connectivity index is 0.00000192. The first-order valence-electron chi connectivity index (χ1n) is 7.98. The molecule has 0 atom stereocenters. The molecule has 7 heteroatoms. The molecule has 0 amide bonds. The third-order valence-electron chi connectivity index (χ3n) is 4.53. The molecule has 3 rings (SSSR count). The molecule has 130 valence electrons. The summed E-state index contributed by atoms with van der Waals surface area (Å²) in [6, 6.07) is 7.76. The van der Waals surface area contributed by atoms with E-state index in [2.05, 4.69) is 5.32 Å². The van der Waals surface area contributed by atoms with Gasteiger partial charge in [0.05, 0.1) is 4.90 Å². The summed E-state index contributed by atoms with van der Waals surface area (Å²) in [5.41, 5.74) is 0. The average molecular weight is 377 g/mol. The van der Waals surface area contributed by atoms with E-state index in [9.17, 15) is 8.42 Å². The Bertz CT molecular complexity index is 612. The molecule has 2 fully saturated rings. The monoisotopic (exact) mass is 376 g/mol. The van der Waals surface area contributed by atoms with Gasteiger partial charge in [-0.15, -0.1) is 24.2 Å². The molecule has 23 heavy (non-hydrogen) atoms. The van der Waals surface area contributed by atoms with Crippen molar-refractivity contribution >= 4 is 34.2 Å². The SMILES string of the molecule is CSc1ccccc1S(=O)(=O)N1CCC(NCC2CC2)CC1.Cl. The van der Waals surface area contributed by atoms with Crippen LogP contribution in [0.5, 0.6) is 0 Å². The lowest BCUT2D eigenvalue weighted by Crippen LogP contribution is -2.45. The van der Waals surface area contributed by atoms with E-state index in [1.165, 1.54) is 24.6 Å². The largest absolute Gasteiger partial charge is 0.314 e. The van der Waals surface area contributed by atoms with Gasteiger partial charge in [-0.25, -0.2) is 8.42 Å². The van der Waals surface area contributed by atoms with Gasteiger partial charge < -0.3 is 5.32 Å². The van der Waals surface area contributed by atoms with Crippen molar-refractivity contribution in [1.29, 1.82) is 0 Å². The van der Waals surface area contributed by atoms with E-state index < -0.39 is 10.0 Å². The van der Waals surface area contributed by atoms with Gasteiger partial charge in [-0.3, -0.25) is 0 Å². The van der Waals surface area contributed by atoms with Crippen molar-refractivity contribution in [1.82, 2.24) is 9.62 Å². The summed E-state index contributed by atoms with van der Waals surface area (Å²) in [6.45, 7) is 2.34. The number of sulfonamides is 1. The highest BCUT2D eigenvalue weighted by Crippen LogP contribution is 2.30. The molecule has 0 bridgehead atoms. The van der Waals surface area contributed by atoms with Gasteiger partial charge in [0.15, 0.2) is 0 Å². The first kappa shape index (κ1) is 19.1. The van der Waals surface area contributed by atoms with Crippen molar-refractivity contribution in [2.24, 2.45) is 5.92 Å². The highest BCUT2D eigenvalue weighted by atomic mass is 35.5. The lowest BCUT2D eigenvalue weighted by atomic mass is 10.1. The van der Waals surface area contributed by atoms with Crippen LogP contribution in [0, 0.1) is 5.92 Å². The molecule has 0 unspecified atom stereocenters. The topological polar surface area (TPSA) is 49.4 Å². The zero-order valence-corrected chi connectivity index (χ0v) is 15.9. The summed E-state index contributed by atoms with van der Waals surface area (Å²) in [5.74, 6) is 0.871. The molecule has 2 aliphatic rings. The van der Waals surface area contributed by atoms with Gasteiger partial charge in [-0.05, 0) is 56.5 Å². The van der Waals surface area contributed by atoms with E-state index in [4.69, 9.17) is 0 Å². The number of nitrogens with zero attached hydrogens (tertiary/aromatic N) is 1. The summed E-state index contributed by atoms with van der Waals surface area (Å²) in [6.07, 6.45) is 6.44. The van der Waals surface area contributed by atoms with Crippen LogP contribution < -0.4 is 5.32 Å². The highest BCUT2D eigenvalue weighted by molar-refractivity contribution is 7.99. The smallest absolute Gasteiger partial charge is 0.244 e. The molecule has 0 aromatic heterocycles. The van der Waals surface area contributed by atoms with E-state index in [0.29, 0.717) is 24.0 Å². The van der Waals surface area contributed by atoms with Crippen molar-refractivity contribution in [2.45, 2.75) is 41.5 Å². The fourth-order valence-electron chi connectivity index (χ4n) is 2.93. The molecule has 1 aliphatic carbocycles. The molecule has 1 saturated heterocycles. The van der Waals surface area contributed by atoms with E-state index in [1.54, 1.807) is 16.4 Å². The molecule has 1 heterocycles. The minimum atomic E-state index is -3.36. The minimum Gasteiger partial charge on any atom is -0.314 e. The number of benzene rings is 1. The Labute approximate surface area is 149 Å². The zero-order valence-electron chi connectivity index (χ0n) is 13.4. The molecular formula is C16H25ClN2O2S2. The second-order valence-corrected chi connectivity index (χ2v) is 8.94. The third-order valence-corrected chi connectivity index (χ3v) is 7.41. The van der Waals surface area contributed by atoms with Crippen LogP contribution in [0.1, 0.15) is 25.7 Å². The summed E-state index contributed by atoms with van der Waals surface area (Å²) in [5, 5.41) is 3.59. The van der Waals surface area contributed by atoms with E-state index in [-0.39, 0.29) is 12.4 Å². The quantitative estimate of drug-likeness (QED) is 0.775. The van der Waals surface area contributed by atoms with Gasteiger partial charge >= 0.3 is 0 Å². The lowest BCUT2D eigenvalue weighted by molar-refractivity contribution is 0.287. The van der Waals surface area contributed by atoms with Gasteiger partial charge in [-0.1, -0.05) is 12.1 Å². The van der Waals surface area contributed by atoms with Gasteiger partial charge in [0, 0.05) is 24.0 Å². The third kappa shape index (κ3) is 4.63. The standard InChI is InChI=1S/C16H24N2O2S2.ClH/c1-21-15-4-2-3-5-16(15)22(19,20)18-10-8-14(9-11-18)17-12-13-6-7-13;/h2-5,13-14,17H,6-12H2,1H3;1H. The van der Waals surface area contributed by atoms with Gasteiger partial charge in [0.1, 0.15) is 0 Å². The number of rotatable bonds is 6. The first-order valence-corrected chi connectivity index (χ1v) is 10.6. The van der Waals surface area contributed by atoms with Crippen molar-refractivity contribution in [3.8, 4) is 0 Å². The van der Waals surface area contributed by atoms with Crippen LogP contribution in [-0.4, -0.2) is 44.7 Å². The second-order valence-electron chi connectivity index (χ2n) is 6.18. The van der Waals surface area contributed by atoms with Crippen LogP contribution in [0.25, 0.3) is 0 Å². The van der Waals surface area contributed by atoms with Gasteiger partial charge in [0.25, 0.3) is 0 Å². The first-order chi connectivity index (χ1) is 10.6. The Kier molecular flexibility index (Phi) is 6.80. The lowest BCUT2D eigenvalue weighted by Gasteiger charge is -2.32. The fraction of sp³-hybridized carbons (Fsp3) is 0.625. The molecule has 1 aromatic rings. The summed E-state index contributed by atoms with van der Waals surface area (Å²) < 4.78 is 27.3. The van der Waals surface area contributed by atoms with Crippen LogP contribution in [0.15, 0.2) is 34.1 Å². The van der Waals surface area contributed by atoms with E-state index in [0.717, 1.165) is 30.2 Å². The molecule has 1 aliphatic heterocycles. The van der Waals surface area contributed by atoms with Crippen molar-refractivity contribution in [3.05, 3.63) is 24.3 Å². The number of hydrogen-bond acceptors (Lipinski definition) is 4. The van der Waals surface area contributed by atoms with Crippen LogP contribution in [0.2, 0.25) is 0 Å². The molecule has 1 N–H and O–H groups in total. The predicted octanol–water partition coefficient (Wildman–Crippen LogP) is 2.98. The normalized spacial score (nSPS) is 20.2.